The van der Waals surface area contributed by atoms with Gasteiger partial charge >= 0.3 is 0 Å². The van der Waals surface area contributed by atoms with Crippen LogP contribution < -0.4 is 4.74 Å². The third kappa shape index (κ3) is 5.82. The van der Waals surface area contributed by atoms with Crippen LogP contribution in [0.5, 0.6) is 5.75 Å². The highest BCUT2D eigenvalue weighted by atomic mass is 79.9. The summed E-state index contributed by atoms with van der Waals surface area (Å²) < 4.78 is 6.39. The van der Waals surface area contributed by atoms with E-state index in [1.807, 2.05) is 36.1 Å². The standard InChI is InChI=1S/C31H37BrN4O3/c1-4-39-34-29(22-8-10-23(32)11-9-22)28-7-5-6-18-36(28)31(2)15-19-35(20-16-31)30(37)26-14-17-33-27-21-24(38-3)12-13-25(26)27/h8-14,17,21,28H,4-7,15-16,18-20H2,1-3H3/b34-29+. The van der Waals surface area contributed by atoms with Gasteiger partial charge < -0.3 is 14.5 Å². The predicted molar refractivity (Wildman–Crippen MR) is 158 cm³/mol. The largest absolute Gasteiger partial charge is 0.497 e. The van der Waals surface area contributed by atoms with Gasteiger partial charge in [-0.3, -0.25) is 14.7 Å². The first-order valence-corrected chi connectivity index (χ1v) is 14.7. The average Bonchev–Trinajstić information content (AvgIpc) is 2.98. The number of ether oxygens (including phenoxy) is 1. The van der Waals surface area contributed by atoms with Crippen LogP contribution in [0.2, 0.25) is 0 Å². The third-order valence-corrected chi connectivity index (χ3v) is 8.78. The fourth-order valence-corrected chi connectivity index (χ4v) is 6.28. The van der Waals surface area contributed by atoms with E-state index in [1.165, 1.54) is 12.8 Å². The van der Waals surface area contributed by atoms with Crippen molar-refractivity contribution in [3.05, 3.63) is 70.3 Å². The van der Waals surface area contributed by atoms with Gasteiger partial charge in [-0.2, -0.15) is 0 Å². The number of pyridine rings is 1. The normalized spacial score (nSPS) is 20.2. The van der Waals surface area contributed by atoms with Gasteiger partial charge in [-0.15, -0.1) is 0 Å². The van der Waals surface area contributed by atoms with Gasteiger partial charge in [0.2, 0.25) is 0 Å². The Hall–Kier alpha value is -2.97. The molecule has 206 valence electrons. The molecule has 5 rings (SSSR count). The van der Waals surface area contributed by atoms with Crippen molar-refractivity contribution in [1.82, 2.24) is 14.8 Å². The number of oxime groups is 1. The molecular formula is C31H37BrN4O3. The zero-order valence-electron chi connectivity index (χ0n) is 23.0. The van der Waals surface area contributed by atoms with Crippen LogP contribution in [0.25, 0.3) is 10.9 Å². The van der Waals surface area contributed by atoms with E-state index < -0.39 is 0 Å². The van der Waals surface area contributed by atoms with Crippen molar-refractivity contribution in [2.75, 3.05) is 33.4 Å². The zero-order valence-corrected chi connectivity index (χ0v) is 24.6. The van der Waals surface area contributed by atoms with Gasteiger partial charge in [-0.05, 0) is 76.4 Å². The predicted octanol–water partition coefficient (Wildman–Crippen LogP) is 6.30. The number of fused-ring (bicyclic) bond motifs is 1. The lowest BCUT2D eigenvalue weighted by atomic mass is 9.82. The maximum atomic E-state index is 13.7. The molecule has 8 heteroatoms. The monoisotopic (exact) mass is 592 g/mol. The van der Waals surface area contributed by atoms with Crippen LogP contribution in [0.15, 0.2) is 64.4 Å². The van der Waals surface area contributed by atoms with Crippen LogP contribution in [-0.2, 0) is 4.84 Å². The number of halogens is 1. The van der Waals surface area contributed by atoms with Crippen molar-refractivity contribution < 1.29 is 14.4 Å². The van der Waals surface area contributed by atoms with Crippen molar-refractivity contribution in [2.24, 2.45) is 5.16 Å². The lowest BCUT2D eigenvalue weighted by molar-refractivity contribution is 0.00568. The number of hydrogen-bond donors (Lipinski definition) is 0. The van der Waals surface area contributed by atoms with E-state index in [4.69, 9.17) is 9.57 Å². The van der Waals surface area contributed by atoms with Crippen LogP contribution in [0.1, 0.15) is 61.9 Å². The molecule has 2 saturated heterocycles. The summed E-state index contributed by atoms with van der Waals surface area (Å²) in [6.45, 7) is 7.33. The Morgan fingerprint density at radius 3 is 2.59 bits per heavy atom. The van der Waals surface area contributed by atoms with E-state index in [0.717, 1.165) is 71.3 Å². The number of benzene rings is 2. The minimum atomic E-state index is -0.0299. The fourth-order valence-electron chi connectivity index (χ4n) is 6.01. The smallest absolute Gasteiger partial charge is 0.254 e. The van der Waals surface area contributed by atoms with Crippen molar-refractivity contribution in [2.45, 2.75) is 57.5 Å². The summed E-state index contributed by atoms with van der Waals surface area (Å²) in [7, 11) is 1.64. The van der Waals surface area contributed by atoms with E-state index >= 15 is 0 Å². The summed E-state index contributed by atoms with van der Waals surface area (Å²) in [5.74, 6) is 0.804. The van der Waals surface area contributed by atoms with Crippen LogP contribution >= 0.6 is 15.9 Å². The van der Waals surface area contributed by atoms with Gasteiger partial charge in [0.1, 0.15) is 18.1 Å². The molecule has 2 aliphatic rings. The van der Waals surface area contributed by atoms with Gasteiger partial charge in [0.05, 0.1) is 24.2 Å². The lowest BCUT2D eigenvalue weighted by Crippen LogP contribution is -2.60. The lowest BCUT2D eigenvalue weighted by Gasteiger charge is -2.51. The molecule has 3 heterocycles. The van der Waals surface area contributed by atoms with Crippen LogP contribution in [-0.4, -0.2) is 71.3 Å². The summed E-state index contributed by atoms with van der Waals surface area (Å²) >= 11 is 3.56. The number of carbonyl (C=O) groups excluding carboxylic acids is 1. The number of nitrogens with zero attached hydrogens (tertiary/aromatic N) is 4. The highest BCUT2D eigenvalue weighted by molar-refractivity contribution is 9.10. The summed E-state index contributed by atoms with van der Waals surface area (Å²) in [5, 5.41) is 5.51. The van der Waals surface area contributed by atoms with Gasteiger partial charge in [-0.1, -0.05) is 39.6 Å². The Morgan fingerprint density at radius 2 is 1.87 bits per heavy atom. The quantitative estimate of drug-likeness (QED) is 0.238. The summed E-state index contributed by atoms with van der Waals surface area (Å²) in [6.07, 6.45) is 6.92. The van der Waals surface area contributed by atoms with E-state index in [0.29, 0.717) is 12.2 Å². The Balaban J connectivity index is 1.35. The number of rotatable bonds is 7. The molecule has 7 nitrogen and oxygen atoms in total. The Labute approximate surface area is 239 Å². The molecule has 2 aliphatic heterocycles. The molecule has 0 N–H and O–H groups in total. The fraction of sp³-hybridized carbons (Fsp3) is 0.452. The molecule has 1 atom stereocenters. The van der Waals surface area contributed by atoms with E-state index in [2.05, 4.69) is 62.2 Å². The summed E-state index contributed by atoms with van der Waals surface area (Å²) in [5.41, 5.74) is 3.54. The van der Waals surface area contributed by atoms with Crippen molar-refractivity contribution in [3.8, 4) is 5.75 Å². The molecule has 0 radical (unpaired) electrons. The molecule has 0 bridgehead atoms. The summed E-state index contributed by atoms with van der Waals surface area (Å²) in [4.78, 5) is 28.4. The molecule has 0 spiro atoms. The van der Waals surface area contributed by atoms with E-state index in [-0.39, 0.29) is 17.5 Å². The molecule has 0 saturated carbocycles. The molecule has 1 amide bonds. The summed E-state index contributed by atoms with van der Waals surface area (Å²) in [6, 6.07) is 16.1. The first-order chi connectivity index (χ1) is 18.9. The van der Waals surface area contributed by atoms with Gasteiger partial charge in [0.25, 0.3) is 5.91 Å². The van der Waals surface area contributed by atoms with Crippen LogP contribution in [0.3, 0.4) is 0 Å². The van der Waals surface area contributed by atoms with Crippen molar-refractivity contribution >= 4 is 38.5 Å². The number of hydrogen-bond acceptors (Lipinski definition) is 6. The number of piperidine rings is 2. The molecule has 2 fully saturated rings. The van der Waals surface area contributed by atoms with Crippen LogP contribution in [0, 0.1) is 0 Å². The van der Waals surface area contributed by atoms with E-state index in [1.54, 1.807) is 13.3 Å². The van der Waals surface area contributed by atoms with Gasteiger partial charge in [0, 0.05) is 46.3 Å². The number of aromatic nitrogens is 1. The Kier molecular flexibility index (Phi) is 8.52. The number of likely N-dealkylation sites (tertiary alicyclic amines) is 2. The second-order valence-corrected chi connectivity index (χ2v) is 11.6. The highest BCUT2D eigenvalue weighted by Crippen LogP contribution is 2.36. The third-order valence-electron chi connectivity index (χ3n) is 8.25. The number of carbonyl (C=O) groups is 1. The van der Waals surface area contributed by atoms with Crippen molar-refractivity contribution in [1.29, 1.82) is 0 Å². The maximum Gasteiger partial charge on any atom is 0.254 e. The van der Waals surface area contributed by atoms with Gasteiger partial charge in [-0.25, -0.2) is 0 Å². The zero-order chi connectivity index (χ0) is 27.4. The SMILES string of the molecule is CCO/N=C(\c1ccc(Br)cc1)C1CCCCN1C1(C)CCN(C(=O)c2ccnc3cc(OC)ccc23)CC1. The van der Waals surface area contributed by atoms with Crippen molar-refractivity contribution in [3.63, 3.8) is 0 Å². The molecule has 0 aliphatic carbocycles. The van der Waals surface area contributed by atoms with E-state index in [9.17, 15) is 4.79 Å². The molecule has 1 unspecified atom stereocenters. The topological polar surface area (TPSA) is 67.3 Å². The molecular weight excluding hydrogens is 556 g/mol. The molecule has 3 aromatic rings. The Bertz CT molecular complexity index is 1340. The Morgan fingerprint density at radius 1 is 1.10 bits per heavy atom. The number of methoxy groups -OCH3 is 1. The molecule has 39 heavy (non-hydrogen) atoms. The maximum absolute atomic E-state index is 13.7. The second-order valence-electron chi connectivity index (χ2n) is 10.6. The highest BCUT2D eigenvalue weighted by Gasteiger charge is 2.43. The molecule has 1 aromatic heterocycles. The molecule has 2 aromatic carbocycles. The first kappa shape index (κ1) is 27.6. The van der Waals surface area contributed by atoms with Gasteiger partial charge in [0.15, 0.2) is 0 Å². The minimum Gasteiger partial charge on any atom is -0.497 e. The minimum absolute atomic E-state index is 0.0299. The first-order valence-electron chi connectivity index (χ1n) is 13.9. The number of amides is 1. The van der Waals surface area contributed by atoms with Crippen LogP contribution in [0.4, 0.5) is 0 Å². The second kappa shape index (κ2) is 12.0. The average molecular weight is 594 g/mol.